The van der Waals surface area contributed by atoms with E-state index >= 15 is 0 Å². The summed E-state index contributed by atoms with van der Waals surface area (Å²) in [5.74, 6) is 0. The van der Waals surface area contributed by atoms with Crippen LogP contribution in [-0.4, -0.2) is 61.7 Å². The van der Waals surface area contributed by atoms with Gasteiger partial charge in [-0.15, -0.1) is 0 Å². The van der Waals surface area contributed by atoms with Gasteiger partial charge in [0, 0.05) is 32.6 Å². The minimum absolute atomic E-state index is 0.281. The first-order valence-corrected chi connectivity index (χ1v) is 5.54. The van der Waals surface area contributed by atoms with Crippen molar-refractivity contribution in [3.63, 3.8) is 0 Å². The quantitative estimate of drug-likeness (QED) is 0.664. The molecule has 1 saturated heterocycles. The normalized spacial score (nSPS) is 18.4. The molecule has 1 fully saturated rings. The minimum Gasteiger partial charge on any atom is -0.444 e. The number of carbonyl (C=O) groups excluding carboxylic acids is 1. The first-order valence-electron chi connectivity index (χ1n) is 5.54. The van der Waals surface area contributed by atoms with Gasteiger partial charge in [-0.05, 0) is 20.8 Å². The van der Waals surface area contributed by atoms with Gasteiger partial charge < -0.3 is 18.9 Å². The molecule has 1 heterocycles. The third kappa shape index (κ3) is 4.39. The molecule has 0 aliphatic carbocycles. The van der Waals surface area contributed by atoms with Gasteiger partial charge in [0.2, 0.25) is 0 Å². The lowest BCUT2D eigenvalue weighted by molar-refractivity contribution is 0.0158. The van der Waals surface area contributed by atoms with E-state index in [-0.39, 0.29) is 6.09 Å². The van der Waals surface area contributed by atoms with Gasteiger partial charge in [0.05, 0.1) is 0 Å². The molecule has 0 aromatic carbocycles. The van der Waals surface area contributed by atoms with Crippen LogP contribution in [0.2, 0.25) is 0 Å². The number of rotatable bonds is 2. The number of hydrogen-bond donors (Lipinski definition) is 0. The van der Waals surface area contributed by atoms with Gasteiger partial charge >= 0.3 is 13.6 Å². The van der Waals surface area contributed by atoms with Gasteiger partial charge in [0.15, 0.2) is 0 Å². The second kappa shape index (κ2) is 5.52. The summed E-state index contributed by atoms with van der Waals surface area (Å²) in [7, 11) is 0.642. The molecular formula is C10H19BFN2O2. The monoisotopic (exact) mass is 229 g/mol. The van der Waals surface area contributed by atoms with Crippen LogP contribution in [0.3, 0.4) is 0 Å². The van der Waals surface area contributed by atoms with E-state index < -0.39 is 5.60 Å². The van der Waals surface area contributed by atoms with Crippen molar-refractivity contribution >= 4 is 13.6 Å². The third-order valence-corrected chi connectivity index (χ3v) is 2.35. The third-order valence-electron chi connectivity index (χ3n) is 2.35. The van der Waals surface area contributed by atoms with Crippen molar-refractivity contribution in [1.82, 2.24) is 9.80 Å². The number of ether oxygens (including phenoxy) is 1. The molecule has 0 aromatic rings. The highest BCUT2D eigenvalue weighted by Gasteiger charge is 2.25. The van der Waals surface area contributed by atoms with Crippen LogP contribution >= 0.6 is 0 Å². The lowest BCUT2D eigenvalue weighted by Gasteiger charge is -2.35. The van der Waals surface area contributed by atoms with Crippen LogP contribution in [0.25, 0.3) is 0 Å². The van der Waals surface area contributed by atoms with E-state index in [1.807, 2.05) is 25.7 Å². The van der Waals surface area contributed by atoms with Crippen LogP contribution in [0.1, 0.15) is 20.8 Å². The van der Waals surface area contributed by atoms with Crippen LogP contribution in [-0.2, 0) is 4.74 Å². The zero-order chi connectivity index (χ0) is 12.2. The van der Waals surface area contributed by atoms with E-state index in [1.54, 1.807) is 4.90 Å². The number of halogens is 1. The Balaban J connectivity index is 2.33. The first-order chi connectivity index (χ1) is 7.42. The van der Waals surface area contributed by atoms with Crippen LogP contribution < -0.4 is 0 Å². The van der Waals surface area contributed by atoms with Crippen LogP contribution in [0.5, 0.6) is 0 Å². The molecule has 4 nitrogen and oxygen atoms in total. The Kier molecular flexibility index (Phi) is 4.59. The number of piperazine rings is 1. The molecule has 0 aromatic heterocycles. The SMILES string of the molecule is CC(C)(C)OC(=O)N1CCN(C[B]F)CC1. The number of nitrogens with zero attached hydrogens (tertiary/aromatic N) is 2. The lowest BCUT2D eigenvalue weighted by Crippen LogP contribution is -2.50. The van der Waals surface area contributed by atoms with Crippen LogP contribution in [0.15, 0.2) is 0 Å². The van der Waals surface area contributed by atoms with Gasteiger partial charge in [-0.3, -0.25) is 0 Å². The van der Waals surface area contributed by atoms with E-state index in [0.29, 0.717) is 40.2 Å². The largest absolute Gasteiger partial charge is 0.444 e. The van der Waals surface area contributed by atoms with Gasteiger partial charge in [-0.25, -0.2) is 4.79 Å². The molecular weight excluding hydrogens is 210 g/mol. The van der Waals surface area contributed by atoms with Crippen molar-refractivity contribution in [2.24, 2.45) is 0 Å². The van der Waals surface area contributed by atoms with Crippen molar-refractivity contribution in [2.75, 3.05) is 32.6 Å². The van der Waals surface area contributed by atoms with Crippen molar-refractivity contribution in [3.8, 4) is 0 Å². The van der Waals surface area contributed by atoms with E-state index in [1.165, 1.54) is 0 Å². The molecule has 91 valence electrons. The maximum atomic E-state index is 12.0. The summed E-state index contributed by atoms with van der Waals surface area (Å²) in [5.41, 5.74) is -0.457. The smallest absolute Gasteiger partial charge is 0.410 e. The van der Waals surface area contributed by atoms with Crippen molar-refractivity contribution in [1.29, 1.82) is 0 Å². The summed E-state index contributed by atoms with van der Waals surface area (Å²) in [6.07, 6.45) is 0.0543. The molecule has 1 radical (unpaired) electrons. The molecule has 1 aliphatic heterocycles. The molecule has 1 amide bonds. The number of hydrogen-bond acceptors (Lipinski definition) is 3. The highest BCUT2D eigenvalue weighted by atomic mass is 19.1. The van der Waals surface area contributed by atoms with Crippen molar-refractivity contribution in [3.05, 3.63) is 0 Å². The van der Waals surface area contributed by atoms with Crippen LogP contribution in [0.4, 0.5) is 9.11 Å². The highest BCUT2D eigenvalue weighted by Crippen LogP contribution is 2.11. The number of carbonyl (C=O) groups is 1. The summed E-state index contributed by atoms with van der Waals surface area (Å²) >= 11 is 0. The molecule has 1 rings (SSSR count). The predicted octanol–water partition coefficient (Wildman–Crippen LogP) is 1.09. The summed E-state index contributed by atoms with van der Waals surface area (Å²) in [6, 6.07) is 0. The molecule has 1 aliphatic rings. The Morgan fingerprint density at radius 1 is 1.31 bits per heavy atom. The maximum absolute atomic E-state index is 12.0. The fourth-order valence-electron chi connectivity index (χ4n) is 1.54. The molecule has 0 N–H and O–H groups in total. The van der Waals surface area contributed by atoms with E-state index in [2.05, 4.69) is 0 Å². The van der Waals surface area contributed by atoms with Gasteiger partial charge in [0.25, 0.3) is 0 Å². The second-order valence-corrected chi connectivity index (χ2v) is 4.92. The Hall–Kier alpha value is -0.775. The topological polar surface area (TPSA) is 32.8 Å². The van der Waals surface area contributed by atoms with Gasteiger partial charge in [-0.2, -0.15) is 0 Å². The average molecular weight is 229 g/mol. The zero-order valence-electron chi connectivity index (χ0n) is 10.2. The fraction of sp³-hybridized carbons (Fsp3) is 0.900. The second-order valence-electron chi connectivity index (χ2n) is 4.92. The van der Waals surface area contributed by atoms with E-state index in [0.717, 1.165) is 0 Å². The summed E-state index contributed by atoms with van der Waals surface area (Å²) in [4.78, 5) is 15.3. The van der Waals surface area contributed by atoms with Gasteiger partial charge in [0.1, 0.15) is 5.60 Å². The van der Waals surface area contributed by atoms with E-state index in [4.69, 9.17) is 4.74 Å². The number of amides is 1. The molecule has 0 atom stereocenters. The molecule has 0 saturated carbocycles. The van der Waals surface area contributed by atoms with Crippen LogP contribution in [0, 0.1) is 0 Å². The first kappa shape index (κ1) is 13.3. The summed E-state index contributed by atoms with van der Waals surface area (Å²) in [6.45, 7) is 8.13. The average Bonchev–Trinajstić information content (AvgIpc) is 2.16. The van der Waals surface area contributed by atoms with Crippen molar-refractivity contribution < 1.29 is 13.8 Å². The predicted molar refractivity (Wildman–Crippen MR) is 61.1 cm³/mol. The fourth-order valence-corrected chi connectivity index (χ4v) is 1.54. The molecule has 0 bridgehead atoms. The molecule has 6 heteroatoms. The van der Waals surface area contributed by atoms with Crippen molar-refractivity contribution in [2.45, 2.75) is 26.4 Å². The summed E-state index contributed by atoms with van der Waals surface area (Å²) in [5, 5.41) is 0. The Morgan fingerprint density at radius 2 is 1.88 bits per heavy atom. The molecule has 16 heavy (non-hydrogen) atoms. The standard InChI is InChI=1S/C10H19BFN2O2/c1-10(2,3)16-9(15)14-6-4-13(5-7-14)8-11-12/h4-8H2,1-3H3. The van der Waals surface area contributed by atoms with E-state index in [9.17, 15) is 9.11 Å². The Bertz CT molecular complexity index is 237. The minimum atomic E-state index is -0.457. The Morgan fingerprint density at radius 3 is 2.31 bits per heavy atom. The summed E-state index contributed by atoms with van der Waals surface area (Å²) < 4.78 is 17.2. The highest BCUT2D eigenvalue weighted by molar-refractivity contribution is 6.26. The lowest BCUT2D eigenvalue weighted by atomic mass is 10.0. The van der Waals surface area contributed by atoms with Gasteiger partial charge in [-0.1, -0.05) is 0 Å². The zero-order valence-corrected chi connectivity index (χ0v) is 10.2. The Labute approximate surface area is 97.0 Å². The maximum Gasteiger partial charge on any atom is 0.410 e. The molecule has 0 spiro atoms. The molecule has 0 unspecified atom stereocenters.